The molecular formula is C14H9ClF3N5O2S. The van der Waals surface area contributed by atoms with Crippen molar-refractivity contribution in [2.24, 2.45) is 7.05 Å². The lowest BCUT2D eigenvalue weighted by molar-refractivity contribution is -0.141. The van der Waals surface area contributed by atoms with Crippen LogP contribution in [0.25, 0.3) is 10.9 Å². The van der Waals surface area contributed by atoms with Crippen LogP contribution in [0, 0.1) is 4.77 Å². The van der Waals surface area contributed by atoms with Gasteiger partial charge in [-0.25, -0.2) is 0 Å². The third kappa shape index (κ3) is 2.99. The molecule has 0 saturated carbocycles. The molecule has 0 atom stereocenters. The van der Waals surface area contributed by atoms with Gasteiger partial charge in [0.15, 0.2) is 10.5 Å². The van der Waals surface area contributed by atoms with Crippen LogP contribution in [0.4, 0.5) is 13.2 Å². The third-order valence-electron chi connectivity index (χ3n) is 3.49. The Morgan fingerprint density at radius 3 is 2.62 bits per heavy atom. The van der Waals surface area contributed by atoms with Crippen molar-refractivity contribution in [2.75, 3.05) is 5.43 Å². The van der Waals surface area contributed by atoms with Crippen molar-refractivity contribution in [1.29, 1.82) is 0 Å². The summed E-state index contributed by atoms with van der Waals surface area (Å²) >= 11 is 10.7. The molecule has 3 aromatic rings. The summed E-state index contributed by atoms with van der Waals surface area (Å²) in [6, 6.07) is 6.42. The molecule has 0 unspecified atom stereocenters. The molecule has 0 spiro atoms. The number of benzene rings is 1. The SMILES string of the molecule is Cn1nc(C(F)(F)F)c(Cl)c1C(=O)Nn1c(=S)[nH]c2ccccc2c1=O. The van der Waals surface area contributed by atoms with Gasteiger partial charge in [-0.2, -0.15) is 22.9 Å². The van der Waals surface area contributed by atoms with E-state index in [-0.39, 0.29) is 10.2 Å². The predicted molar refractivity (Wildman–Crippen MR) is 90.3 cm³/mol. The fourth-order valence-electron chi connectivity index (χ4n) is 2.34. The van der Waals surface area contributed by atoms with Gasteiger partial charge in [-0.05, 0) is 24.4 Å². The summed E-state index contributed by atoms with van der Waals surface area (Å²) in [5, 5.41) is 2.57. The number of aromatic amines is 1. The predicted octanol–water partition coefficient (Wildman–Crippen LogP) is 2.85. The van der Waals surface area contributed by atoms with E-state index in [1.807, 2.05) is 0 Å². The summed E-state index contributed by atoms with van der Waals surface area (Å²) in [5.41, 5.74) is -0.00756. The highest BCUT2D eigenvalue weighted by atomic mass is 35.5. The van der Waals surface area contributed by atoms with E-state index in [9.17, 15) is 22.8 Å². The first-order chi connectivity index (χ1) is 12.1. The van der Waals surface area contributed by atoms with E-state index < -0.39 is 34.1 Å². The molecule has 7 nitrogen and oxygen atoms in total. The first-order valence-corrected chi connectivity index (χ1v) is 7.75. The summed E-state index contributed by atoms with van der Waals surface area (Å²) in [5.74, 6) is -1.07. The lowest BCUT2D eigenvalue weighted by Crippen LogP contribution is -2.35. The van der Waals surface area contributed by atoms with Gasteiger partial charge in [0.1, 0.15) is 10.7 Å². The zero-order valence-electron chi connectivity index (χ0n) is 12.9. The molecule has 1 aromatic carbocycles. The smallest absolute Gasteiger partial charge is 0.330 e. The maximum Gasteiger partial charge on any atom is 0.436 e. The van der Waals surface area contributed by atoms with E-state index in [2.05, 4.69) is 15.5 Å². The summed E-state index contributed by atoms with van der Waals surface area (Å²) < 4.78 is 39.9. The number of aryl methyl sites for hydroxylation is 1. The summed E-state index contributed by atoms with van der Waals surface area (Å²) in [4.78, 5) is 27.6. The van der Waals surface area contributed by atoms with Crippen molar-refractivity contribution in [3.8, 4) is 0 Å². The molecule has 0 radical (unpaired) electrons. The number of fused-ring (bicyclic) bond motifs is 1. The van der Waals surface area contributed by atoms with Crippen LogP contribution in [-0.2, 0) is 13.2 Å². The number of aromatic nitrogens is 4. The molecule has 12 heteroatoms. The molecule has 0 saturated heterocycles. The molecular weight excluding hydrogens is 395 g/mol. The van der Waals surface area contributed by atoms with Crippen LogP contribution >= 0.6 is 23.8 Å². The quantitative estimate of drug-likeness (QED) is 0.644. The monoisotopic (exact) mass is 403 g/mol. The van der Waals surface area contributed by atoms with Crippen LogP contribution in [0.3, 0.4) is 0 Å². The standard InChI is InChI=1S/C14H9ClF3N5O2S/c1-22-9(8(15)10(20-22)14(16,17)18)11(24)21-23-12(25)6-4-2-3-5-7(6)19-13(23)26/h2-5H,1H3,(H,19,26)(H,21,24). The number of amides is 1. The van der Waals surface area contributed by atoms with E-state index in [0.717, 1.165) is 11.7 Å². The Labute approximate surface area is 153 Å². The van der Waals surface area contributed by atoms with Gasteiger partial charge >= 0.3 is 6.18 Å². The van der Waals surface area contributed by atoms with Gasteiger partial charge in [-0.3, -0.25) is 19.7 Å². The summed E-state index contributed by atoms with van der Waals surface area (Å²) in [6.45, 7) is 0. The van der Waals surface area contributed by atoms with Crippen molar-refractivity contribution >= 4 is 40.6 Å². The second-order valence-electron chi connectivity index (χ2n) is 5.19. The van der Waals surface area contributed by atoms with Crippen molar-refractivity contribution in [3.63, 3.8) is 0 Å². The third-order valence-corrected chi connectivity index (χ3v) is 4.13. The highest BCUT2D eigenvalue weighted by Crippen LogP contribution is 2.35. The lowest BCUT2D eigenvalue weighted by atomic mass is 10.2. The molecule has 26 heavy (non-hydrogen) atoms. The average Bonchev–Trinajstić information content (AvgIpc) is 2.86. The number of H-pyrrole nitrogens is 1. The van der Waals surface area contributed by atoms with Crippen LogP contribution in [-0.4, -0.2) is 25.3 Å². The topological polar surface area (TPSA) is 84.7 Å². The van der Waals surface area contributed by atoms with Gasteiger partial charge in [-0.15, -0.1) is 0 Å². The number of hydrogen-bond donors (Lipinski definition) is 2. The van der Waals surface area contributed by atoms with Gasteiger partial charge < -0.3 is 4.98 Å². The minimum absolute atomic E-state index is 0.142. The van der Waals surface area contributed by atoms with Crippen LogP contribution in [0.2, 0.25) is 5.02 Å². The van der Waals surface area contributed by atoms with E-state index in [4.69, 9.17) is 23.8 Å². The fourth-order valence-corrected chi connectivity index (χ4v) is 2.94. The number of nitrogens with zero attached hydrogens (tertiary/aromatic N) is 3. The Hall–Kier alpha value is -2.66. The lowest BCUT2D eigenvalue weighted by Gasteiger charge is -2.10. The molecule has 2 aromatic heterocycles. The number of halogens is 4. The number of para-hydroxylation sites is 1. The average molecular weight is 404 g/mol. The molecule has 1 amide bonds. The van der Waals surface area contributed by atoms with Gasteiger partial charge in [0.05, 0.1) is 10.9 Å². The second-order valence-corrected chi connectivity index (χ2v) is 5.95. The van der Waals surface area contributed by atoms with Crippen LogP contribution in [0.5, 0.6) is 0 Å². The molecule has 3 rings (SSSR count). The first kappa shape index (κ1) is 18.1. The van der Waals surface area contributed by atoms with Gasteiger partial charge in [-0.1, -0.05) is 23.7 Å². The molecule has 2 N–H and O–H groups in total. The van der Waals surface area contributed by atoms with Crippen LogP contribution < -0.4 is 11.0 Å². The first-order valence-electron chi connectivity index (χ1n) is 6.96. The Kier molecular flexibility index (Phi) is 4.36. The number of alkyl halides is 3. The van der Waals surface area contributed by atoms with E-state index in [1.165, 1.54) is 6.07 Å². The van der Waals surface area contributed by atoms with Crippen molar-refractivity contribution in [3.05, 3.63) is 55.8 Å². The largest absolute Gasteiger partial charge is 0.436 e. The highest BCUT2D eigenvalue weighted by molar-refractivity contribution is 7.71. The van der Waals surface area contributed by atoms with E-state index in [0.29, 0.717) is 10.2 Å². The highest BCUT2D eigenvalue weighted by Gasteiger charge is 2.39. The number of nitrogens with one attached hydrogen (secondary N) is 2. The number of rotatable bonds is 2. The van der Waals surface area contributed by atoms with Crippen LogP contribution in [0.15, 0.2) is 29.1 Å². The van der Waals surface area contributed by atoms with Crippen molar-refractivity contribution < 1.29 is 18.0 Å². The molecule has 0 fully saturated rings. The number of carbonyl (C=O) groups excluding carboxylic acids is 1. The van der Waals surface area contributed by atoms with E-state index in [1.54, 1.807) is 18.2 Å². The summed E-state index contributed by atoms with van der Waals surface area (Å²) in [6.07, 6.45) is -4.83. The molecule has 2 heterocycles. The Morgan fingerprint density at radius 2 is 2.00 bits per heavy atom. The minimum atomic E-state index is -4.83. The maximum atomic E-state index is 12.9. The normalized spacial score (nSPS) is 11.7. The van der Waals surface area contributed by atoms with Gasteiger partial charge in [0.25, 0.3) is 11.5 Å². The minimum Gasteiger partial charge on any atom is -0.330 e. The molecule has 0 aliphatic carbocycles. The maximum absolute atomic E-state index is 12.9. The molecule has 0 bridgehead atoms. The number of hydrogen-bond acceptors (Lipinski definition) is 4. The van der Waals surface area contributed by atoms with Crippen LogP contribution in [0.1, 0.15) is 16.2 Å². The number of carbonyl (C=O) groups is 1. The second kappa shape index (κ2) is 6.25. The molecule has 136 valence electrons. The van der Waals surface area contributed by atoms with Crippen molar-refractivity contribution in [1.82, 2.24) is 19.4 Å². The molecule has 0 aliphatic heterocycles. The Morgan fingerprint density at radius 1 is 1.35 bits per heavy atom. The van der Waals surface area contributed by atoms with E-state index >= 15 is 0 Å². The molecule has 0 aliphatic rings. The van der Waals surface area contributed by atoms with Gasteiger partial charge in [0.2, 0.25) is 0 Å². The summed E-state index contributed by atoms with van der Waals surface area (Å²) in [7, 11) is 1.12. The zero-order chi connectivity index (χ0) is 19.2. The Bertz CT molecular complexity index is 1150. The Balaban J connectivity index is 2.08. The fraction of sp³-hybridized carbons (Fsp3) is 0.143. The van der Waals surface area contributed by atoms with Gasteiger partial charge in [0, 0.05) is 7.05 Å². The van der Waals surface area contributed by atoms with Crippen molar-refractivity contribution in [2.45, 2.75) is 6.18 Å². The zero-order valence-corrected chi connectivity index (χ0v) is 14.5.